The number of amides is 2. The van der Waals surface area contributed by atoms with Crippen LogP contribution in [0.3, 0.4) is 0 Å². The summed E-state index contributed by atoms with van der Waals surface area (Å²) >= 11 is 0. The predicted octanol–water partition coefficient (Wildman–Crippen LogP) is 0.544. The van der Waals surface area contributed by atoms with Gasteiger partial charge < -0.3 is 0 Å². The average Bonchev–Trinajstić information content (AvgIpc) is 2.44. The fourth-order valence-electron chi connectivity index (χ4n) is 2.21. The number of carbonyl (C=O) groups excluding carboxylic acids is 2. The lowest BCUT2D eigenvalue weighted by molar-refractivity contribution is -0.145. The van der Waals surface area contributed by atoms with Crippen molar-refractivity contribution in [2.45, 2.75) is 32.2 Å². The first-order valence-corrected chi connectivity index (χ1v) is 4.04. The maximum absolute atomic E-state index is 11.3. The molecular weight excluding hydrogens is 142 g/mol. The van der Waals surface area contributed by atoms with Crippen LogP contribution in [0, 0.1) is 5.92 Å². The topological polar surface area (TPSA) is 37.4 Å². The number of hydrogen-bond donors (Lipinski definition) is 0. The van der Waals surface area contributed by atoms with E-state index in [-0.39, 0.29) is 23.8 Å². The molecule has 1 saturated carbocycles. The number of carbonyl (C=O) groups is 2. The highest BCUT2D eigenvalue weighted by Crippen LogP contribution is 2.38. The molecule has 1 saturated heterocycles. The van der Waals surface area contributed by atoms with Crippen molar-refractivity contribution in [3.8, 4) is 0 Å². The maximum atomic E-state index is 11.3. The molecule has 11 heavy (non-hydrogen) atoms. The molecule has 3 heteroatoms. The van der Waals surface area contributed by atoms with Crippen molar-refractivity contribution in [2.24, 2.45) is 5.92 Å². The van der Waals surface area contributed by atoms with Crippen LogP contribution in [-0.4, -0.2) is 22.8 Å². The number of hydrogen-bond acceptors (Lipinski definition) is 2. The molecule has 0 spiro atoms. The van der Waals surface area contributed by atoms with Crippen molar-refractivity contribution in [2.75, 3.05) is 0 Å². The summed E-state index contributed by atoms with van der Waals surface area (Å²) in [5, 5.41) is 0. The second kappa shape index (κ2) is 2.06. The lowest BCUT2D eigenvalue weighted by Crippen LogP contribution is -2.40. The van der Waals surface area contributed by atoms with E-state index in [1.807, 2.05) is 0 Å². The van der Waals surface area contributed by atoms with Crippen LogP contribution in [0.25, 0.3) is 0 Å². The Balaban J connectivity index is 2.24. The van der Waals surface area contributed by atoms with E-state index in [4.69, 9.17) is 0 Å². The SMILES string of the molecule is CC(=O)N1C(=O)C2CCC1C2. The van der Waals surface area contributed by atoms with Gasteiger partial charge in [0.25, 0.3) is 0 Å². The van der Waals surface area contributed by atoms with Crippen molar-refractivity contribution in [1.29, 1.82) is 0 Å². The Bertz CT molecular complexity index is 224. The first-order valence-electron chi connectivity index (χ1n) is 4.04. The second-order valence-corrected chi connectivity index (χ2v) is 3.39. The summed E-state index contributed by atoms with van der Waals surface area (Å²) in [7, 11) is 0. The summed E-state index contributed by atoms with van der Waals surface area (Å²) in [6, 6.07) is 0.241. The molecule has 60 valence electrons. The van der Waals surface area contributed by atoms with Crippen LogP contribution < -0.4 is 0 Å². The minimum Gasteiger partial charge on any atom is -0.279 e. The van der Waals surface area contributed by atoms with Crippen LogP contribution in [0.1, 0.15) is 26.2 Å². The summed E-state index contributed by atoms with van der Waals surface area (Å²) in [5.41, 5.74) is 0. The smallest absolute Gasteiger partial charge is 0.232 e. The third-order valence-corrected chi connectivity index (χ3v) is 2.70. The molecule has 0 aromatic heterocycles. The molecule has 1 heterocycles. The van der Waals surface area contributed by atoms with E-state index in [1.165, 1.54) is 11.8 Å². The van der Waals surface area contributed by atoms with Gasteiger partial charge in [0.15, 0.2) is 0 Å². The number of fused-ring (bicyclic) bond motifs is 2. The van der Waals surface area contributed by atoms with E-state index in [1.54, 1.807) is 0 Å². The fourth-order valence-corrected chi connectivity index (χ4v) is 2.21. The van der Waals surface area contributed by atoms with E-state index in [0.717, 1.165) is 19.3 Å². The summed E-state index contributed by atoms with van der Waals surface area (Å²) < 4.78 is 0. The molecule has 0 N–H and O–H groups in total. The van der Waals surface area contributed by atoms with E-state index in [0.29, 0.717) is 0 Å². The van der Waals surface area contributed by atoms with Crippen molar-refractivity contribution in [1.82, 2.24) is 4.90 Å². The van der Waals surface area contributed by atoms with Gasteiger partial charge in [0.1, 0.15) is 0 Å². The Hall–Kier alpha value is -0.860. The minimum absolute atomic E-state index is 0.0637. The third kappa shape index (κ3) is 0.800. The van der Waals surface area contributed by atoms with Crippen LogP contribution in [0.5, 0.6) is 0 Å². The van der Waals surface area contributed by atoms with E-state index in [9.17, 15) is 9.59 Å². The van der Waals surface area contributed by atoms with Crippen LogP contribution >= 0.6 is 0 Å². The van der Waals surface area contributed by atoms with Crippen LogP contribution in [0.4, 0.5) is 0 Å². The number of imide groups is 1. The minimum atomic E-state index is -0.0813. The van der Waals surface area contributed by atoms with Gasteiger partial charge in [-0.1, -0.05) is 0 Å². The number of nitrogens with zero attached hydrogens (tertiary/aromatic N) is 1. The van der Waals surface area contributed by atoms with Crippen LogP contribution in [0.15, 0.2) is 0 Å². The van der Waals surface area contributed by atoms with Gasteiger partial charge in [-0.05, 0) is 19.3 Å². The number of likely N-dealkylation sites (tertiary alicyclic amines) is 1. The van der Waals surface area contributed by atoms with Crippen LogP contribution in [0.2, 0.25) is 0 Å². The molecular formula is C8H11NO2. The zero-order chi connectivity index (χ0) is 8.01. The molecule has 2 bridgehead atoms. The van der Waals surface area contributed by atoms with E-state index in [2.05, 4.69) is 0 Å². The molecule has 1 aliphatic carbocycles. The van der Waals surface area contributed by atoms with Crippen molar-refractivity contribution in [3.05, 3.63) is 0 Å². The van der Waals surface area contributed by atoms with Gasteiger partial charge in [0.2, 0.25) is 11.8 Å². The fraction of sp³-hybridized carbons (Fsp3) is 0.750. The first-order chi connectivity index (χ1) is 5.20. The molecule has 1 aliphatic heterocycles. The maximum Gasteiger partial charge on any atom is 0.232 e. The first kappa shape index (κ1) is 6.83. The van der Waals surface area contributed by atoms with Crippen molar-refractivity contribution in [3.63, 3.8) is 0 Å². The quantitative estimate of drug-likeness (QED) is 0.509. The summed E-state index contributed by atoms with van der Waals surface area (Å²) in [6.07, 6.45) is 2.93. The molecule has 0 aromatic carbocycles. The van der Waals surface area contributed by atoms with E-state index < -0.39 is 0 Å². The van der Waals surface area contributed by atoms with Gasteiger partial charge in [-0.3, -0.25) is 14.5 Å². The van der Waals surface area contributed by atoms with Gasteiger partial charge >= 0.3 is 0 Å². The van der Waals surface area contributed by atoms with Gasteiger partial charge in [-0.15, -0.1) is 0 Å². The largest absolute Gasteiger partial charge is 0.279 e. The summed E-state index contributed by atoms with van der Waals surface area (Å²) in [4.78, 5) is 23.7. The predicted molar refractivity (Wildman–Crippen MR) is 38.7 cm³/mol. The average molecular weight is 153 g/mol. The standard InChI is InChI=1S/C8H11NO2/c1-5(10)9-7-3-2-6(4-7)8(9)11/h6-7H,2-4H2,1H3. The van der Waals surface area contributed by atoms with Crippen LogP contribution in [-0.2, 0) is 9.59 Å². The highest BCUT2D eigenvalue weighted by atomic mass is 16.2. The van der Waals surface area contributed by atoms with Crippen molar-refractivity contribution >= 4 is 11.8 Å². The highest BCUT2D eigenvalue weighted by Gasteiger charge is 2.46. The van der Waals surface area contributed by atoms with Crippen molar-refractivity contribution < 1.29 is 9.59 Å². The molecule has 2 atom stereocenters. The molecule has 2 aliphatic rings. The Kier molecular flexibility index (Phi) is 1.28. The Morgan fingerprint density at radius 3 is 2.64 bits per heavy atom. The Labute approximate surface area is 65.4 Å². The number of rotatable bonds is 0. The molecule has 0 radical (unpaired) electrons. The molecule has 3 nitrogen and oxygen atoms in total. The third-order valence-electron chi connectivity index (χ3n) is 2.70. The summed E-state index contributed by atoms with van der Waals surface area (Å²) in [5.74, 6) is 0.153. The lowest BCUT2D eigenvalue weighted by Gasteiger charge is -2.23. The molecule has 2 amide bonds. The van der Waals surface area contributed by atoms with Gasteiger partial charge in [-0.2, -0.15) is 0 Å². The molecule has 0 aromatic rings. The lowest BCUT2D eigenvalue weighted by atomic mass is 10.1. The monoisotopic (exact) mass is 153 g/mol. The Morgan fingerprint density at radius 1 is 1.55 bits per heavy atom. The van der Waals surface area contributed by atoms with Gasteiger partial charge in [0, 0.05) is 18.9 Å². The molecule has 2 rings (SSSR count). The molecule has 2 fully saturated rings. The Morgan fingerprint density at radius 2 is 2.27 bits per heavy atom. The van der Waals surface area contributed by atoms with Gasteiger partial charge in [0.05, 0.1) is 0 Å². The summed E-state index contributed by atoms with van der Waals surface area (Å²) in [6.45, 7) is 1.47. The second-order valence-electron chi connectivity index (χ2n) is 3.39. The normalized spacial score (nSPS) is 35.0. The molecule has 2 unspecified atom stereocenters. The highest BCUT2D eigenvalue weighted by molar-refractivity contribution is 5.98. The van der Waals surface area contributed by atoms with E-state index >= 15 is 0 Å². The zero-order valence-corrected chi connectivity index (χ0v) is 6.54. The number of piperidine rings is 1. The zero-order valence-electron chi connectivity index (χ0n) is 6.54. The van der Waals surface area contributed by atoms with Gasteiger partial charge in [-0.25, -0.2) is 0 Å².